The minimum absolute atomic E-state index is 0.0201. The number of ether oxygens (including phenoxy) is 5. The SMILES string of the molecule is CCOC(=O)C1=C(C(=O)OCC)SC2(S1)C(C(=O)OCC)=C(C(=O)OCC)SC1=C2c2cc(OCC)ccc2NC1(C)C. The number of rotatable bonds is 10. The zero-order valence-corrected chi connectivity index (χ0v) is 27.6. The molecule has 0 aromatic heterocycles. The molecule has 3 aliphatic rings. The van der Waals surface area contributed by atoms with Gasteiger partial charge in [0.1, 0.15) is 24.5 Å². The van der Waals surface area contributed by atoms with Gasteiger partial charge in [-0.3, -0.25) is 0 Å². The average molecular weight is 650 g/mol. The quantitative estimate of drug-likeness (QED) is 0.248. The lowest BCUT2D eigenvalue weighted by Gasteiger charge is -2.46. The van der Waals surface area contributed by atoms with Gasteiger partial charge in [-0.15, -0.1) is 0 Å². The first kappa shape index (κ1) is 32.9. The number of benzene rings is 1. The van der Waals surface area contributed by atoms with E-state index in [0.717, 1.165) is 41.0 Å². The Kier molecular flexibility index (Phi) is 10.2. The summed E-state index contributed by atoms with van der Waals surface area (Å²) in [5.74, 6) is -2.37. The van der Waals surface area contributed by atoms with Crippen molar-refractivity contribution >= 4 is 70.4 Å². The molecular formula is C30H35NO9S3. The van der Waals surface area contributed by atoms with Gasteiger partial charge in [-0.25, -0.2) is 19.2 Å². The summed E-state index contributed by atoms with van der Waals surface area (Å²) in [6.45, 7) is 13.1. The summed E-state index contributed by atoms with van der Waals surface area (Å²) in [6, 6.07) is 5.58. The summed E-state index contributed by atoms with van der Waals surface area (Å²) < 4.78 is 26.0. The summed E-state index contributed by atoms with van der Waals surface area (Å²) in [4.78, 5) is 55.0. The van der Waals surface area contributed by atoms with Gasteiger partial charge in [0.2, 0.25) is 0 Å². The second kappa shape index (κ2) is 13.3. The molecule has 4 rings (SSSR count). The minimum atomic E-state index is -1.53. The third-order valence-electron chi connectivity index (χ3n) is 6.46. The van der Waals surface area contributed by atoms with Gasteiger partial charge in [-0.05, 0) is 66.7 Å². The molecule has 1 aromatic rings. The van der Waals surface area contributed by atoms with Crippen molar-refractivity contribution in [1.82, 2.24) is 0 Å². The molecule has 0 amide bonds. The van der Waals surface area contributed by atoms with Gasteiger partial charge in [0, 0.05) is 21.7 Å². The van der Waals surface area contributed by atoms with E-state index in [1.165, 1.54) is 0 Å². The lowest BCUT2D eigenvalue weighted by molar-refractivity contribution is -0.141. The first-order chi connectivity index (χ1) is 20.5. The monoisotopic (exact) mass is 649 g/mol. The third-order valence-corrected chi connectivity index (χ3v) is 11.1. The Labute approximate surface area is 263 Å². The average Bonchev–Trinajstić information content (AvgIpc) is 3.34. The standard InChI is InChI=1S/C30H35NO9S3/c1-8-36-16-13-14-18-17(15-16)19-24(29(6,7)31-18)41-21(26(33)38-10-3)20(25(32)37-9-2)30(19)42-22(27(34)39-11-4)23(43-30)28(35)40-12-5/h13-15,31H,8-12H2,1-7H3. The van der Waals surface area contributed by atoms with E-state index in [2.05, 4.69) is 5.32 Å². The Bertz CT molecular complexity index is 1410. The van der Waals surface area contributed by atoms with E-state index in [1.54, 1.807) is 27.7 Å². The molecule has 13 heteroatoms. The molecule has 1 aromatic carbocycles. The summed E-state index contributed by atoms with van der Waals surface area (Å²) in [5, 5.41) is 3.54. The van der Waals surface area contributed by atoms with Crippen LogP contribution in [0, 0.1) is 0 Å². The molecule has 1 N–H and O–H groups in total. The second-order valence-electron chi connectivity index (χ2n) is 9.76. The molecule has 0 bridgehead atoms. The van der Waals surface area contributed by atoms with Gasteiger partial charge < -0.3 is 29.0 Å². The highest BCUT2D eigenvalue weighted by Gasteiger charge is 2.60. The maximum absolute atomic E-state index is 14.0. The molecule has 10 nitrogen and oxygen atoms in total. The highest BCUT2D eigenvalue weighted by molar-refractivity contribution is 8.26. The minimum Gasteiger partial charge on any atom is -0.494 e. The molecule has 0 radical (unpaired) electrons. The van der Waals surface area contributed by atoms with E-state index in [-0.39, 0.29) is 46.7 Å². The predicted octanol–water partition coefficient (Wildman–Crippen LogP) is 5.64. The van der Waals surface area contributed by atoms with Crippen molar-refractivity contribution in [2.75, 3.05) is 38.4 Å². The highest BCUT2D eigenvalue weighted by Crippen LogP contribution is 2.70. The Morgan fingerprint density at radius 1 is 0.721 bits per heavy atom. The largest absolute Gasteiger partial charge is 0.494 e. The van der Waals surface area contributed by atoms with Crippen molar-refractivity contribution in [3.05, 3.63) is 49.0 Å². The van der Waals surface area contributed by atoms with E-state index in [4.69, 9.17) is 23.7 Å². The molecule has 0 saturated carbocycles. The van der Waals surface area contributed by atoms with Crippen molar-refractivity contribution in [2.45, 2.75) is 58.1 Å². The lowest BCUT2D eigenvalue weighted by Crippen LogP contribution is -2.44. The molecule has 3 aliphatic heterocycles. The number of hydrogen-bond acceptors (Lipinski definition) is 13. The Balaban J connectivity index is 2.11. The highest BCUT2D eigenvalue weighted by atomic mass is 32.2. The van der Waals surface area contributed by atoms with Crippen molar-refractivity contribution in [2.24, 2.45) is 0 Å². The molecular weight excluding hydrogens is 615 g/mol. The van der Waals surface area contributed by atoms with Gasteiger partial charge in [0.25, 0.3) is 0 Å². The Morgan fingerprint density at radius 3 is 1.74 bits per heavy atom. The van der Waals surface area contributed by atoms with Gasteiger partial charge in [0.05, 0.1) is 44.1 Å². The number of esters is 4. The topological polar surface area (TPSA) is 126 Å². The van der Waals surface area contributed by atoms with E-state index >= 15 is 0 Å². The molecule has 1 spiro atoms. The molecule has 0 fully saturated rings. The second-order valence-corrected chi connectivity index (χ2v) is 13.5. The summed E-state index contributed by atoms with van der Waals surface area (Å²) in [6.07, 6.45) is 0. The van der Waals surface area contributed by atoms with Crippen LogP contribution in [0.25, 0.3) is 5.57 Å². The number of hydrogen-bond donors (Lipinski definition) is 1. The first-order valence-electron chi connectivity index (χ1n) is 14.0. The molecule has 0 unspecified atom stereocenters. The molecule has 43 heavy (non-hydrogen) atoms. The number of nitrogens with one attached hydrogen (secondary N) is 1. The van der Waals surface area contributed by atoms with Crippen LogP contribution in [-0.4, -0.2) is 66.5 Å². The number of carbonyl (C=O) groups is 4. The predicted molar refractivity (Wildman–Crippen MR) is 168 cm³/mol. The molecule has 0 atom stereocenters. The zero-order chi connectivity index (χ0) is 31.5. The maximum atomic E-state index is 14.0. The van der Waals surface area contributed by atoms with Crippen LogP contribution in [0.1, 0.15) is 54.0 Å². The fraction of sp³-hybridized carbons (Fsp3) is 0.467. The van der Waals surface area contributed by atoms with Crippen LogP contribution in [0.2, 0.25) is 0 Å². The molecule has 232 valence electrons. The fourth-order valence-electron chi connectivity index (χ4n) is 4.89. The van der Waals surface area contributed by atoms with E-state index in [9.17, 15) is 19.2 Å². The van der Waals surface area contributed by atoms with Crippen molar-refractivity contribution in [3.8, 4) is 5.75 Å². The van der Waals surface area contributed by atoms with Crippen molar-refractivity contribution in [3.63, 3.8) is 0 Å². The van der Waals surface area contributed by atoms with Crippen LogP contribution >= 0.6 is 35.3 Å². The van der Waals surface area contributed by atoms with Crippen molar-refractivity contribution in [1.29, 1.82) is 0 Å². The molecule has 3 heterocycles. The first-order valence-corrected chi connectivity index (χ1v) is 16.5. The van der Waals surface area contributed by atoms with Gasteiger partial charge in [-0.2, -0.15) is 0 Å². The van der Waals surface area contributed by atoms with Crippen LogP contribution in [0.3, 0.4) is 0 Å². The number of thioether (sulfide) groups is 3. The maximum Gasteiger partial charge on any atom is 0.346 e. The van der Waals surface area contributed by atoms with Gasteiger partial charge >= 0.3 is 23.9 Å². The zero-order valence-electron chi connectivity index (χ0n) is 25.2. The van der Waals surface area contributed by atoms with Crippen LogP contribution in [0.15, 0.2) is 43.4 Å². The van der Waals surface area contributed by atoms with Crippen LogP contribution in [0.4, 0.5) is 5.69 Å². The van der Waals surface area contributed by atoms with Crippen LogP contribution < -0.4 is 10.1 Å². The smallest absolute Gasteiger partial charge is 0.346 e. The molecule has 0 saturated heterocycles. The van der Waals surface area contributed by atoms with Gasteiger partial charge in [0.15, 0.2) is 0 Å². The Hall–Kier alpha value is -3.03. The third kappa shape index (κ3) is 6.03. The van der Waals surface area contributed by atoms with E-state index in [0.29, 0.717) is 28.4 Å². The van der Waals surface area contributed by atoms with Crippen molar-refractivity contribution < 1.29 is 42.9 Å². The van der Waals surface area contributed by atoms with Crippen LogP contribution in [0.5, 0.6) is 5.75 Å². The lowest BCUT2D eigenvalue weighted by atomic mass is 9.85. The summed E-state index contributed by atoms with van der Waals surface area (Å²) in [5.41, 5.74) is 1.29. The summed E-state index contributed by atoms with van der Waals surface area (Å²) >= 11 is 3.07. The molecule has 0 aliphatic carbocycles. The van der Waals surface area contributed by atoms with E-state index < -0.39 is 33.5 Å². The normalized spacial score (nSPS) is 18.0. The van der Waals surface area contributed by atoms with E-state index in [1.807, 2.05) is 39.0 Å². The number of carbonyl (C=O) groups excluding carboxylic acids is 4. The number of anilines is 1. The fourth-order valence-corrected chi connectivity index (χ4v) is 9.84. The number of fused-ring (bicyclic) bond motifs is 3. The summed E-state index contributed by atoms with van der Waals surface area (Å²) in [7, 11) is 0. The van der Waals surface area contributed by atoms with Gasteiger partial charge in [-0.1, -0.05) is 35.3 Å². The Morgan fingerprint density at radius 2 is 1.23 bits per heavy atom. The van der Waals surface area contributed by atoms with Crippen LogP contribution in [-0.2, 0) is 38.1 Å².